The molecule has 0 radical (unpaired) electrons. The lowest BCUT2D eigenvalue weighted by atomic mass is 10.0. The molecule has 0 aliphatic heterocycles. The van der Waals surface area contributed by atoms with E-state index in [0.29, 0.717) is 11.1 Å². The van der Waals surface area contributed by atoms with Gasteiger partial charge in [0.25, 0.3) is 0 Å². The van der Waals surface area contributed by atoms with Crippen molar-refractivity contribution in [1.82, 2.24) is 4.57 Å². The lowest BCUT2D eigenvalue weighted by Crippen LogP contribution is -1.91. The molecule has 6 aromatic carbocycles. The first-order valence-corrected chi connectivity index (χ1v) is 13.9. The summed E-state index contributed by atoms with van der Waals surface area (Å²) >= 11 is 0. The number of aryl methyl sites for hydroxylation is 3. The summed E-state index contributed by atoms with van der Waals surface area (Å²) in [6.07, 6.45) is 3.52. The van der Waals surface area contributed by atoms with Crippen LogP contribution in [0.3, 0.4) is 0 Å². The summed E-state index contributed by atoms with van der Waals surface area (Å²) in [5.74, 6) is 0.393. The second kappa shape index (κ2) is 9.89. The summed E-state index contributed by atoms with van der Waals surface area (Å²) in [5, 5.41) is 27.6. The number of hydrogen-bond acceptors (Lipinski definition) is 4. The maximum absolute atomic E-state index is 10.7. The van der Waals surface area contributed by atoms with Crippen molar-refractivity contribution >= 4 is 67.2 Å². The van der Waals surface area contributed by atoms with Gasteiger partial charge < -0.3 is 14.8 Å². The van der Waals surface area contributed by atoms with Crippen molar-refractivity contribution in [3.8, 4) is 11.5 Å². The van der Waals surface area contributed by atoms with E-state index in [1.54, 1.807) is 24.6 Å². The first kappa shape index (κ1) is 25.5. The van der Waals surface area contributed by atoms with Crippen LogP contribution in [0, 0.1) is 13.8 Å². The third kappa shape index (κ3) is 4.18. The van der Waals surface area contributed by atoms with Gasteiger partial charge >= 0.3 is 0 Å². The van der Waals surface area contributed by atoms with Crippen LogP contribution in [-0.2, 0) is 7.05 Å². The molecule has 0 saturated carbocycles. The zero-order chi connectivity index (χ0) is 29.0. The highest BCUT2D eigenvalue weighted by molar-refractivity contribution is 6.16. The molecule has 1 aromatic heterocycles. The number of nitrogens with zero attached hydrogens (tertiary/aromatic N) is 3. The van der Waals surface area contributed by atoms with E-state index >= 15 is 0 Å². The van der Waals surface area contributed by atoms with E-state index < -0.39 is 0 Å². The smallest absolute Gasteiger partial charge is 0.124 e. The lowest BCUT2D eigenvalue weighted by molar-refractivity contribution is 0.475. The van der Waals surface area contributed by atoms with Gasteiger partial charge in [-0.25, -0.2) is 0 Å². The van der Waals surface area contributed by atoms with Crippen LogP contribution in [0.4, 0.5) is 11.4 Å². The molecule has 5 nitrogen and oxygen atoms in total. The molecule has 5 heteroatoms. The minimum absolute atomic E-state index is 0.197. The first-order valence-electron chi connectivity index (χ1n) is 13.9. The summed E-state index contributed by atoms with van der Waals surface area (Å²) in [7, 11) is 2.04. The number of hydrogen-bond donors (Lipinski definition) is 2. The Morgan fingerprint density at radius 1 is 0.548 bits per heavy atom. The molecule has 0 aliphatic carbocycles. The highest BCUT2D eigenvalue weighted by Gasteiger charge is 2.17. The van der Waals surface area contributed by atoms with E-state index in [9.17, 15) is 10.2 Å². The van der Waals surface area contributed by atoms with E-state index in [-0.39, 0.29) is 11.5 Å². The van der Waals surface area contributed by atoms with Gasteiger partial charge in [0.1, 0.15) is 11.5 Å². The SMILES string of the molecule is Cc1cc(N=Cc2c(O)ccc3ccccc23)c2c(c1)c1cc(C)cc(N=Cc3c(O)ccc4ccccc34)c1n2C. The van der Waals surface area contributed by atoms with Crippen LogP contribution in [0.2, 0.25) is 0 Å². The van der Waals surface area contributed by atoms with Gasteiger partial charge in [0.15, 0.2) is 0 Å². The minimum atomic E-state index is 0.197. The number of rotatable bonds is 4. The Kier molecular flexibility index (Phi) is 6.02. The van der Waals surface area contributed by atoms with E-state index in [2.05, 4.69) is 42.7 Å². The van der Waals surface area contributed by atoms with Crippen LogP contribution in [0.25, 0.3) is 43.4 Å². The van der Waals surface area contributed by atoms with E-state index in [1.165, 1.54) is 0 Å². The highest BCUT2D eigenvalue weighted by atomic mass is 16.3. The minimum Gasteiger partial charge on any atom is -0.507 e. The van der Waals surface area contributed by atoms with Gasteiger partial charge in [0.05, 0.1) is 22.4 Å². The van der Waals surface area contributed by atoms with Gasteiger partial charge in [0.2, 0.25) is 0 Å². The molecule has 42 heavy (non-hydrogen) atoms. The molecule has 0 atom stereocenters. The van der Waals surface area contributed by atoms with Gasteiger partial charge in [-0.05, 0) is 82.9 Å². The van der Waals surface area contributed by atoms with Gasteiger partial charge in [-0.1, -0.05) is 60.7 Å². The quantitative estimate of drug-likeness (QED) is 0.216. The Bertz CT molecular complexity index is 2100. The van der Waals surface area contributed by atoms with Crippen LogP contribution in [0.5, 0.6) is 11.5 Å². The largest absolute Gasteiger partial charge is 0.507 e. The topological polar surface area (TPSA) is 70.1 Å². The second-order valence-corrected chi connectivity index (χ2v) is 10.9. The van der Waals surface area contributed by atoms with E-state index in [4.69, 9.17) is 9.98 Å². The van der Waals surface area contributed by atoms with Crippen LogP contribution in [0.1, 0.15) is 22.3 Å². The zero-order valence-corrected chi connectivity index (χ0v) is 23.6. The number of aromatic nitrogens is 1. The molecule has 7 rings (SSSR count). The predicted molar refractivity (Wildman–Crippen MR) is 176 cm³/mol. The number of phenolic OH excluding ortho intramolecular Hbond substituents is 2. The highest BCUT2D eigenvalue weighted by Crippen LogP contribution is 2.40. The summed E-state index contributed by atoms with van der Waals surface area (Å²) < 4.78 is 2.15. The molecule has 204 valence electrons. The number of phenols is 2. The van der Waals surface area contributed by atoms with Crippen molar-refractivity contribution in [3.63, 3.8) is 0 Å². The van der Waals surface area contributed by atoms with Crippen molar-refractivity contribution < 1.29 is 10.2 Å². The molecule has 7 aromatic rings. The predicted octanol–water partition coefficient (Wildman–Crippen LogP) is 9.17. The Labute approximate surface area is 243 Å². The van der Waals surface area contributed by atoms with Crippen molar-refractivity contribution in [3.05, 3.63) is 119 Å². The Morgan fingerprint density at radius 2 is 0.976 bits per heavy atom. The molecule has 0 spiro atoms. The van der Waals surface area contributed by atoms with Gasteiger partial charge in [-0.2, -0.15) is 0 Å². The molecule has 0 aliphatic rings. The molecule has 0 saturated heterocycles. The monoisotopic (exact) mass is 547 g/mol. The van der Waals surface area contributed by atoms with Crippen molar-refractivity contribution in [2.24, 2.45) is 17.0 Å². The number of aromatic hydroxyl groups is 2. The fraction of sp³-hybridized carbons (Fsp3) is 0.0811. The first-order chi connectivity index (χ1) is 20.4. The fourth-order valence-electron chi connectivity index (χ4n) is 6.05. The number of fused-ring (bicyclic) bond motifs is 5. The van der Waals surface area contributed by atoms with Crippen LogP contribution >= 0.6 is 0 Å². The normalized spacial score (nSPS) is 12.2. The molecule has 0 unspecified atom stereocenters. The average Bonchev–Trinajstić information content (AvgIpc) is 3.26. The molecule has 2 N–H and O–H groups in total. The van der Waals surface area contributed by atoms with Gasteiger partial charge in [-0.15, -0.1) is 0 Å². The number of benzene rings is 6. The van der Waals surface area contributed by atoms with Crippen molar-refractivity contribution in [2.75, 3.05) is 0 Å². The van der Waals surface area contributed by atoms with Crippen LogP contribution in [-0.4, -0.2) is 27.2 Å². The molecular formula is C37H29N3O2. The van der Waals surface area contributed by atoms with Gasteiger partial charge in [0, 0.05) is 41.4 Å². The van der Waals surface area contributed by atoms with Crippen molar-refractivity contribution in [1.29, 1.82) is 0 Å². The zero-order valence-electron chi connectivity index (χ0n) is 23.6. The van der Waals surface area contributed by atoms with Crippen molar-refractivity contribution in [2.45, 2.75) is 13.8 Å². The molecule has 0 bridgehead atoms. The van der Waals surface area contributed by atoms with Crippen LogP contribution < -0.4 is 0 Å². The lowest BCUT2D eigenvalue weighted by Gasteiger charge is -2.07. The van der Waals surface area contributed by atoms with E-state index in [0.717, 1.165) is 65.9 Å². The summed E-state index contributed by atoms with van der Waals surface area (Å²) in [5.41, 5.74) is 7.18. The Balaban J connectivity index is 1.42. The third-order valence-corrected chi connectivity index (χ3v) is 7.99. The fourth-order valence-corrected chi connectivity index (χ4v) is 6.05. The maximum Gasteiger partial charge on any atom is 0.124 e. The molecule has 0 amide bonds. The Hall–Kier alpha value is -5.42. The summed E-state index contributed by atoms with van der Waals surface area (Å²) in [6, 6.07) is 31.8. The van der Waals surface area contributed by atoms with Crippen LogP contribution in [0.15, 0.2) is 107 Å². The second-order valence-electron chi connectivity index (χ2n) is 10.9. The summed E-state index contributed by atoms with van der Waals surface area (Å²) in [4.78, 5) is 9.89. The number of aliphatic imine (C=N–C) groups is 2. The average molecular weight is 548 g/mol. The standard InChI is InChI=1S/C37H29N3O2/c1-22-16-28-29-17-23(2)19-33(39-21-31-27-11-7-5-9-25(27)13-15-35(31)42)37(29)40(3)36(28)32(18-22)38-20-30-26-10-6-4-8-24(26)12-14-34(30)41/h4-21,41-42H,1-3H3. The summed E-state index contributed by atoms with van der Waals surface area (Å²) in [6.45, 7) is 4.15. The Morgan fingerprint density at radius 3 is 1.43 bits per heavy atom. The maximum atomic E-state index is 10.7. The molecular weight excluding hydrogens is 518 g/mol. The third-order valence-electron chi connectivity index (χ3n) is 7.99. The van der Waals surface area contributed by atoms with E-state index in [1.807, 2.05) is 67.7 Å². The molecule has 1 heterocycles. The van der Waals surface area contributed by atoms with Gasteiger partial charge in [-0.3, -0.25) is 9.98 Å². The molecule has 0 fully saturated rings.